The van der Waals surface area contributed by atoms with E-state index in [0.29, 0.717) is 37.0 Å². The van der Waals surface area contributed by atoms with Crippen LogP contribution in [0.25, 0.3) is 0 Å². The van der Waals surface area contributed by atoms with Crippen LogP contribution in [0, 0.1) is 10.1 Å². The topological polar surface area (TPSA) is 97.6 Å². The molecule has 0 saturated carbocycles. The Labute approximate surface area is 158 Å². The number of carbonyl (C=O) groups is 1. The van der Waals surface area contributed by atoms with Crippen molar-refractivity contribution in [1.82, 2.24) is 4.98 Å². The first kappa shape index (κ1) is 18.4. The third-order valence-electron chi connectivity index (χ3n) is 3.80. The van der Waals surface area contributed by atoms with Gasteiger partial charge in [0.1, 0.15) is 17.1 Å². The minimum Gasteiger partial charge on any atom is -0.378 e. The molecule has 1 aliphatic rings. The van der Waals surface area contributed by atoms with E-state index in [4.69, 9.17) is 27.9 Å². The van der Waals surface area contributed by atoms with Crippen LogP contribution in [0.15, 0.2) is 30.5 Å². The highest BCUT2D eigenvalue weighted by Crippen LogP contribution is 2.36. The number of aromatic nitrogens is 1. The number of amides is 1. The summed E-state index contributed by atoms with van der Waals surface area (Å²) in [5.41, 5.74) is -0.150. The maximum atomic E-state index is 12.6. The summed E-state index contributed by atoms with van der Waals surface area (Å²) in [5, 5.41) is 14.8. The van der Waals surface area contributed by atoms with Gasteiger partial charge in [0.2, 0.25) is 0 Å². The number of nitro groups is 1. The number of ether oxygens (including phenoxy) is 1. The lowest BCUT2D eigenvalue weighted by atomic mass is 10.1. The van der Waals surface area contributed by atoms with Crippen LogP contribution in [-0.4, -0.2) is 42.1 Å². The van der Waals surface area contributed by atoms with E-state index in [1.165, 1.54) is 24.4 Å². The van der Waals surface area contributed by atoms with Gasteiger partial charge in [0.25, 0.3) is 5.91 Å². The van der Waals surface area contributed by atoms with E-state index in [2.05, 4.69) is 10.3 Å². The van der Waals surface area contributed by atoms with Crippen LogP contribution in [0.2, 0.25) is 10.0 Å². The van der Waals surface area contributed by atoms with Crippen LogP contribution in [-0.2, 0) is 4.74 Å². The second kappa shape index (κ2) is 7.86. The molecular formula is C16H14Cl2N4O4. The quantitative estimate of drug-likeness (QED) is 0.628. The van der Waals surface area contributed by atoms with Crippen molar-refractivity contribution in [2.24, 2.45) is 0 Å². The molecule has 0 unspecified atom stereocenters. The van der Waals surface area contributed by atoms with Gasteiger partial charge in [-0.2, -0.15) is 0 Å². The molecule has 0 bridgehead atoms. The molecule has 0 atom stereocenters. The molecule has 1 saturated heterocycles. The molecule has 2 aromatic rings. The Hall–Kier alpha value is -2.42. The molecule has 0 aliphatic carbocycles. The molecular weight excluding hydrogens is 383 g/mol. The molecule has 8 nitrogen and oxygen atoms in total. The second-order valence-corrected chi connectivity index (χ2v) is 6.37. The van der Waals surface area contributed by atoms with Crippen molar-refractivity contribution in [3.63, 3.8) is 0 Å². The number of rotatable bonds is 4. The largest absolute Gasteiger partial charge is 0.378 e. The molecule has 1 aliphatic heterocycles. The second-order valence-electron chi connectivity index (χ2n) is 5.49. The summed E-state index contributed by atoms with van der Waals surface area (Å²) >= 11 is 11.9. The zero-order valence-corrected chi connectivity index (χ0v) is 15.0. The van der Waals surface area contributed by atoms with Gasteiger partial charge in [-0.3, -0.25) is 14.9 Å². The fourth-order valence-electron chi connectivity index (χ4n) is 2.63. The highest BCUT2D eigenvalue weighted by molar-refractivity contribution is 6.32. The third-order valence-corrected chi connectivity index (χ3v) is 4.24. The highest BCUT2D eigenvalue weighted by Gasteiger charge is 2.29. The zero-order chi connectivity index (χ0) is 18.7. The summed E-state index contributed by atoms with van der Waals surface area (Å²) in [6.07, 6.45) is 1.36. The van der Waals surface area contributed by atoms with Crippen molar-refractivity contribution in [3.05, 3.63) is 56.2 Å². The number of nitro benzene ring substituents is 1. The number of anilines is 2. The Morgan fingerprint density at radius 3 is 2.58 bits per heavy atom. The monoisotopic (exact) mass is 396 g/mol. The minimum absolute atomic E-state index is 0.138. The number of carbonyl (C=O) groups excluding carboxylic acids is 1. The minimum atomic E-state index is -0.677. The van der Waals surface area contributed by atoms with Crippen LogP contribution in [0.5, 0.6) is 0 Å². The van der Waals surface area contributed by atoms with Crippen molar-refractivity contribution in [2.75, 3.05) is 36.5 Å². The fraction of sp³-hybridized carbons (Fsp3) is 0.250. The lowest BCUT2D eigenvalue weighted by Gasteiger charge is -2.29. The molecule has 0 radical (unpaired) electrons. The van der Waals surface area contributed by atoms with Gasteiger partial charge in [-0.1, -0.05) is 23.2 Å². The molecule has 2 heterocycles. The first-order chi connectivity index (χ1) is 12.5. The Bertz CT molecular complexity index is 839. The SMILES string of the molecule is O=C(Nc1ccc(Cl)cn1)c1cc(Cl)cc(N2CCOCC2)c1[N+](=O)[O-]. The summed E-state index contributed by atoms with van der Waals surface area (Å²) in [6, 6.07) is 5.81. The molecule has 1 amide bonds. The first-order valence-corrected chi connectivity index (χ1v) is 8.45. The molecule has 1 aromatic carbocycles. The number of benzene rings is 1. The van der Waals surface area contributed by atoms with Crippen molar-refractivity contribution >= 4 is 46.3 Å². The van der Waals surface area contributed by atoms with Gasteiger partial charge in [0.15, 0.2) is 0 Å². The number of pyridine rings is 1. The number of nitrogens with zero attached hydrogens (tertiary/aromatic N) is 3. The molecule has 136 valence electrons. The third kappa shape index (κ3) is 4.04. The fourth-order valence-corrected chi connectivity index (χ4v) is 2.95. The maximum Gasteiger partial charge on any atom is 0.305 e. The molecule has 10 heteroatoms. The van der Waals surface area contributed by atoms with Gasteiger partial charge < -0.3 is 15.0 Å². The predicted molar refractivity (Wildman–Crippen MR) is 98.3 cm³/mol. The summed E-state index contributed by atoms with van der Waals surface area (Å²) in [4.78, 5) is 29.5. The first-order valence-electron chi connectivity index (χ1n) is 7.69. The summed E-state index contributed by atoms with van der Waals surface area (Å²) < 4.78 is 5.28. The van der Waals surface area contributed by atoms with E-state index >= 15 is 0 Å². The van der Waals surface area contributed by atoms with Crippen LogP contribution in [0.3, 0.4) is 0 Å². The standard InChI is InChI=1S/C16H14Cl2N4O4/c17-10-1-2-14(19-9-10)20-16(23)12-7-11(18)8-13(15(12)22(24)25)21-3-5-26-6-4-21/h1-2,7-9H,3-6H2,(H,19,20,23). The average Bonchev–Trinajstić information content (AvgIpc) is 2.63. The van der Waals surface area contributed by atoms with E-state index in [1.807, 2.05) is 0 Å². The predicted octanol–water partition coefficient (Wildman–Crippen LogP) is 3.39. The van der Waals surface area contributed by atoms with Gasteiger partial charge in [-0.15, -0.1) is 0 Å². The van der Waals surface area contributed by atoms with Crippen molar-refractivity contribution in [1.29, 1.82) is 0 Å². The maximum absolute atomic E-state index is 12.6. The Morgan fingerprint density at radius 2 is 1.96 bits per heavy atom. The smallest absolute Gasteiger partial charge is 0.305 e. The van der Waals surface area contributed by atoms with Crippen LogP contribution >= 0.6 is 23.2 Å². The van der Waals surface area contributed by atoms with Crippen LogP contribution in [0.4, 0.5) is 17.2 Å². The summed E-state index contributed by atoms with van der Waals surface area (Å²) in [5.74, 6) is -0.454. The molecule has 1 fully saturated rings. The van der Waals surface area contributed by atoms with Gasteiger partial charge in [0, 0.05) is 24.3 Å². The Kier molecular flexibility index (Phi) is 5.55. The molecule has 1 N–H and O–H groups in total. The lowest BCUT2D eigenvalue weighted by molar-refractivity contribution is -0.384. The number of halogens is 2. The van der Waals surface area contributed by atoms with E-state index in [9.17, 15) is 14.9 Å². The van der Waals surface area contributed by atoms with Crippen molar-refractivity contribution in [3.8, 4) is 0 Å². The Morgan fingerprint density at radius 1 is 1.23 bits per heavy atom. The summed E-state index contributed by atoms with van der Waals surface area (Å²) in [7, 11) is 0. The average molecular weight is 397 g/mol. The lowest BCUT2D eigenvalue weighted by Crippen LogP contribution is -2.36. The number of morpholine rings is 1. The Balaban J connectivity index is 1.99. The number of hydrogen-bond donors (Lipinski definition) is 1. The normalized spacial score (nSPS) is 14.2. The van der Waals surface area contributed by atoms with Gasteiger partial charge in [-0.25, -0.2) is 4.98 Å². The van der Waals surface area contributed by atoms with E-state index < -0.39 is 10.8 Å². The van der Waals surface area contributed by atoms with E-state index in [0.717, 1.165) is 0 Å². The number of nitrogens with one attached hydrogen (secondary N) is 1. The van der Waals surface area contributed by atoms with Crippen molar-refractivity contribution in [2.45, 2.75) is 0 Å². The van der Waals surface area contributed by atoms with Crippen LogP contribution < -0.4 is 10.2 Å². The van der Waals surface area contributed by atoms with Gasteiger partial charge in [-0.05, 0) is 24.3 Å². The molecule has 26 heavy (non-hydrogen) atoms. The summed E-state index contributed by atoms with van der Waals surface area (Å²) in [6.45, 7) is 1.84. The van der Waals surface area contributed by atoms with Crippen molar-refractivity contribution < 1.29 is 14.5 Å². The highest BCUT2D eigenvalue weighted by atomic mass is 35.5. The molecule has 1 aromatic heterocycles. The van der Waals surface area contributed by atoms with Gasteiger partial charge in [0.05, 0.1) is 23.2 Å². The van der Waals surface area contributed by atoms with E-state index in [1.54, 1.807) is 11.0 Å². The van der Waals surface area contributed by atoms with Crippen LogP contribution in [0.1, 0.15) is 10.4 Å². The van der Waals surface area contributed by atoms with E-state index in [-0.39, 0.29) is 22.1 Å². The molecule has 3 rings (SSSR count). The zero-order valence-electron chi connectivity index (χ0n) is 13.4. The number of hydrogen-bond acceptors (Lipinski definition) is 6. The molecule has 0 spiro atoms. The van der Waals surface area contributed by atoms with Gasteiger partial charge >= 0.3 is 5.69 Å².